The van der Waals surface area contributed by atoms with E-state index in [2.05, 4.69) is 5.32 Å². The molecule has 108 valence electrons. The van der Waals surface area contributed by atoms with Crippen LogP contribution in [0, 0.1) is 5.92 Å². The van der Waals surface area contributed by atoms with Crippen LogP contribution in [0.3, 0.4) is 0 Å². The maximum Gasteiger partial charge on any atom is 0.252 e. The van der Waals surface area contributed by atoms with Crippen LogP contribution in [0.2, 0.25) is 0 Å². The number of nitrogens with one attached hydrogen (secondary N) is 1. The van der Waals surface area contributed by atoms with Gasteiger partial charge in [0.2, 0.25) is 12.0 Å². The lowest BCUT2D eigenvalue weighted by atomic mass is 10.0. The van der Waals surface area contributed by atoms with Gasteiger partial charge in [0.15, 0.2) is 11.5 Å². The van der Waals surface area contributed by atoms with Crippen LogP contribution >= 0.6 is 11.6 Å². The van der Waals surface area contributed by atoms with Crippen molar-refractivity contribution in [2.45, 2.75) is 26.3 Å². The van der Waals surface area contributed by atoms with Gasteiger partial charge in [0.1, 0.15) is 6.04 Å². The summed E-state index contributed by atoms with van der Waals surface area (Å²) in [6.07, 6.45) is 0.499. The van der Waals surface area contributed by atoms with Crippen LogP contribution in [0.4, 0.5) is 0 Å². The molecule has 1 unspecified atom stereocenters. The van der Waals surface area contributed by atoms with Gasteiger partial charge < -0.3 is 14.8 Å². The van der Waals surface area contributed by atoms with Gasteiger partial charge in [-0.15, -0.1) is 0 Å². The topological polar surface area (TPSA) is 64.6 Å². The van der Waals surface area contributed by atoms with Crippen LogP contribution in [-0.4, -0.2) is 24.0 Å². The van der Waals surface area contributed by atoms with Crippen molar-refractivity contribution in [2.75, 3.05) is 6.79 Å². The Kier molecular flexibility index (Phi) is 4.49. The highest BCUT2D eigenvalue weighted by molar-refractivity contribution is 6.64. The van der Waals surface area contributed by atoms with E-state index in [1.807, 2.05) is 13.8 Å². The first-order chi connectivity index (χ1) is 9.47. The molecule has 2 rings (SSSR count). The Balaban J connectivity index is 2.08. The van der Waals surface area contributed by atoms with Crippen molar-refractivity contribution in [1.29, 1.82) is 0 Å². The highest BCUT2D eigenvalue weighted by Crippen LogP contribution is 2.32. The molecule has 0 saturated carbocycles. The zero-order valence-corrected chi connectivity index (χ0v) is 12.1. The van der Waals surface area contributed by atoms with E-state index in [4.69, 9.17) is 21.1 Å². The summed E-state index contributed by atoms with van der Waals surface area (Å²) in [5.74, 6) is 1.02. The summed E-state index contributed by atoms with van der Waals surface area (Å²) in [5, 5.41) is 2.08. The minimum atomic E-state index is -0.686. The third-order valence-electron chi connectivity index (χ3n) is 2.92. The van der Waals surface area contributed by atoms with Crippen LogP contribution < -0.4 is 14.8 Å². The Morgan fingerprint density at radius 2 is 2.00 bits per heavy atom. The molecule has 5 nitrogen and oxygen atoms in total. The number of fused-ring (bicyclic) bond motifs is 1. The van der Waals surface area contributed by atoms with E-state index in [9.17, 15) is 9.59 Å². The Morgan fingerprint density at radius 3 is 2.65 bits per heavy atom. The molecule has 1 aliphatic rings. The number of carbonyl (C=O) groups excluding carboxylic acids is 2. The number of carbonyl (C=O) groups is 2. The molecule has 6 heteroatoms. The van der Waals surface area contributed by atoms with E-state index in [-0.39, 0.29) is 18.6 Å². The van der Waals surface area contributed by atoms with Crippen LogP contribution in [0.25, 0.3) is 0 Å². The molecule has 1 atom stereocenters. The second-order valence-electron chi connectivity index (χ2n) is 5.03. The van der Waals surface area contributed by atoms with Crippen molar-refractivity contribution < 1.29 is 19.1 Å². The number of halogens is 1. The fraction of sp³-hybridized carbons (Fsp3) is 0.429. The first-order valence-corrected chi connectivity index (χ1v) is 6.75. The van der Waals surface area contributed by atoms with Crippen molar-refractivity contribution in [3.63, 3.8) is 0 Å². The summed E-state index contributed by atoms with van der Waals surface area (Å²) in [5.41, 5.74) is 0.404. The fourth-order valence-electron chi connectivity index (χ4n) is 1.96. The van der Waals surface area contributed by atoms with Gasteiger partial charge in [0.05, 0.1) is 0 Å². The van der Waals surface area contributed by atoms with E-state index < -0.39 is 11.3 Å². The SMILES string of the molecule is CC(C)CC(NC(=O)c1ccc2c(c1)OCO2)C(=O)Cl. The summed E-state index contributed by atoms with van der Waals surface area (Å²) in [6.45, 7) is 4.07. The van der Waals surface area contributed by atoms with E-state index in [1.165, 1.54) is 0 Å². The highest BCUT2D eigenvalue weighted by atomic mass is 35.5. The molecule has 0 saturated heterocycles. The van der Waals surface area contributed by atoms with Gasteiger partial charge in [-0.25, -0.2) is 0 Å². The van der Waals surface area contributed by atoms with Crippen molar-refractivity contribution in [3.05, 3.63) is 23.8 Å². The summed E-state index contributed by atoms with van der Waals surface area (Å²) < 4.78 is 10.4. The van der Waals surface area contributed by atoms with Gasteiger partial charge in [-0.05, 0) is 42.1 Å². The van der Waals surface area contributed by atoms with Crippen molar-refractivity contribution >= 4 is 22.8 Å². The number of ether oxygens (including phenoxy) is 2. The fourth-order valence-corrected chi connectivity index (χ4v) is 2.10. The number of hydrogen-bond acceptors (Lipinski definition) is 4. The zero-order valence-electron chi connectivity index (χ0n) is 11.3. The quantitative estimate of drug-likeness (QED) is 0.847. The largest absolute Gasteiger partial charge is 0.454 e. The first-order valence-electron chi connectivity index (χ1n) is 6.37. The average Bonchev–Trinajstić information content (AvgIpc) is 2.84. The lowest BCUT2D eigenvalue weighted by molar-refractivity contribution is -0.113. The minimum absolute atomic E-state index is 0.149. The summed E-state index contributed by atoms with van der Waals surface area (Å²) in [6, 6.07) is 4.18. The smallest absolute Gasteiger partial charge is 0.252 e. The molecular formula is C14H16ClNO4. The monoisotopic (exact) mass is 297 g/mol. The molecular weight excluding hydrogens is 282 g/mol. The Bertz CT molecular complexity index is 530. The molecule has 1 aromatic carbocycles. The van der Waals surface area contributed by atoms with Crippen molar-refractivity contribution in [1.82, 2.24) is 5.32 Å². The maximum atomic E-state index is 12.1. The van der Waals surface area contributed by atoms with Crippen LogP contribution in [0.15, 0.2) is 18.2 Å². The van der Waals surface area contributed by atoms with E-state index in [1.54, 1.807) is 18.2 Å². The molecule has 1 aliphatic heterocycles. The minimum Gasteiger partial charge on any atom is -0.454 e. The normalized spacial score (nSPS) is 14.2. The summed E-state index contributed by atoms with van der Waals surface area (Å²) in [4.78, 5) is 23.5. The maximum absolute atomic E-state index is 12.1. The van der Waals surface area contributed by atoms with Gasteiger partial charge in [-0.1, -0.05) is 13.8 Å². The molecule has 20 heavy (non-hydrogen) atoms. The lowest BCUT2D eigenvalue weighted by Crippen LogP contribution is -2.39. The van der Waals surface area contributed by atoms with E-state index in [0.717, 1.165) is 0 Å². The molecule has 0 radical (unpaired) electrons. The second-order valence-corrected chi connectivity index (χ2v) is 5.40. The summed E-state index contributed by atoms with van der Waals surface area (Å²) >= 11 is 5.51. The standard InChI is InChI=1S/C14H16ClNO4/c1-8(2)5-10(13(15)17)16-14(18)9-3-4-11-12(6-9)20-7-19-11/h3-4,6,8,10H,5,7H2,1-2H3,(H,16,18). The number of amides is 1. The number of rotatable bonds is 5. The molecule has 0 bridgehead atoms. The molecule has 0 aromatic heterocycles. The van der Waals surface area contributed by atoms with Crippen LogP contribution in [0.5, 0.6) is 11.5 Å². The molecule has 0 aliphatic carbocycles. The van der Waals surface area contributed by atoms with Crippen LogP contribution in [-0.2, 0) is 4.79 Å². The van der Waals surface area contributed by atoms with Crippen molar-refractivity contribution in [2.24, 2.45) is 5.92 Å². The van der Waals surface area contributed by atoms with E-state index >= 15 is 0 Å². The Hall–Kier alpha value is -1.75. The third-order valence-corrected chi connectivity index (χ3v) is 3.18. The van der Waals surface area contributed by atoms with Gasteiger partial charge in [-0.2, -0.15) is 0 Å². The molecule has 1 amide bonds. The van der Waals surface area contributed by atoms with Gasteiger partial charge in [0, 0.05) is 5.56 Å². The highest BCUT2D eigenvalue weighted by Gasteiger charge is 2.22. The van der Waals surface area contributed by atoms with E-state index in [0.29, 0.717) is 23.5 Å². The summed E-state index contributed by atoms with van der Waals surface area (Å²) in [7, 11) is 0. The first kappa shape index (κ1) is 14.7. The van der Waals surface area contributed by atoms with Gasteiger partial charge in [0.25, 0.3) is 5.91 Å². The Morgan fingerprint density at radius 1 is 1.30 bits per heavy atom. The van der Waals surface area contributed by atoms with Gasteiger partial charge in [-0.3, -0.25) is 9.59 Å². The molecule has 0 spiro atoms. The predicted molar refractivity (Wildman–Crippen MR) is 74.1 cm³/mol. The number of hydrogen-bond donors (Lipinski definition) is 1. The Labute approximate surface area is 122 Å². The lowest BCUT2D eigenvalue weighted by Gasteiger charge is -2.16. The zero-order chi connectivity index (χ0) is 14.7. The van der Waals surface area contributed by atoms with Crippen molar-refractivity contribution in [3.8, 4) is 11.5 Å². The third kappa shape index (κ3) is 3.42. The molecule has 1 N–H and O–H groups in total. The second kappa shape index (κ2) is 6.13. The average molecular weight is 298 g/mol. The number of benzene rings is 1. The molecule has 0 fully saturated rings. The van der Waals surface area contributed by atoms with Crippen LogP contribution in [0.1, 0.15) is 30.6 Å². The molecule has 1 aromatic rings. The predicted octanol–water partition coefficient (Wildman–Crippen LogP) is 2.33. The van der Waals surface area contributed by atoms with Gasteiger partial charge >= 0.3 is 0 Å². The molecule has 1 heterocycles.